The molecule has 1 rings (SSSR count). The molecule has 0 aromatic rings. The van der Waals surface area contributed by atoms with Crippen LogP contribution in [0.15, 0.2) is 0 Å². The molecule has 0 saturated carbocycles. The van der Waals surface area contributed by atoms with Crippen LogP contribution in [0.25, 0.3) is 0 Å². The van der Waals surface area contributed by atoms with Gasteiger partial charge in [-0.1, -0.05) is 20.8 Å². The summed E-state index contributed by atoms with van der Waals surface area (Å²) in [5.74, 6) is 0. The van der Waals surface area contributed by atoms with E-state index in [0.717, 1.165) is 0 Å². The van der Waals surface area contributed by atoms with Gasteiger partial charge in [-0.2, -0.15) is 0 Å². The minimum Gasteiger partial charge on any atom is -0.252 e. The fourth-order valence-electron chi connectivity index (χ4n) is 1.34. The van der Waals surface area contributed by atoms with E-state index in [2.05, 4.69) is 38.3 Å². The Labute approximate surface area is 63.6 Å². The Hall–Kier alpha value is -0.0800. The highest BCUT2D eigenvalue weighted by Crippen LogP contribution is 2.24. The van der Waals surface area contributed by atoms with Crippen molar-refractivity contribution in [3.05, 3.63) is 0 Å². The molecular formula is C8H18N2. The number of nitrogens with one attached hydrogen (secondary N) is 1. The smallest absolute Gasteiger partial charge is 0.0276 e. The number of nitrogens with zero attached hydrogens (tertiary/aromatic N) is 1. The maximum absolute atomic E-state index is 3.43. The van der Waals surface area contributed by atoms with Crippen LogP contribution in [-0.2, 0) is 0 Å². The lowest BCUT2D eigenvalue weighted by atomic mass is 9.86. The van der Waals surface area contributed by atoms with Crippen molar-refractivity contribution in [1.82, 2.24) is 10.4 Å². The predicted molar refractivity (Wildman–Crippen MR) is 43.6 cm³/mol. The summed E-state index contributed by atoms with van der Waals surface area (Å²) in [5, 5.41) is 2.18. The molecular weight excluding hydrogens is 124 g/mol. The molecule has 0 spiro atoms. The zero-order chi connectivity index (χ0) is 7.78. The molecule has 1 fully saturated rings. The second-order valence-electron chi connectivity index (χ2n) is 4.26. The molecule has 1 unspecified atom stereocenters. The van der Waals surface area contributed by atoms with Crippen molar-refractivity contribution in [2.24, 2.45) is 5.41 Å². The molecule has 0 amide bonds. The number of hydrazine groups is 1. The van der Waals surface area contributed by atoms with E-state index in [9.17, 15) is 0 Å². The normalized spacial score (nSPS) is 29.4. The number of rotatable bonds is 0. The minimum atomic E-state index is 0.408. The standard InChI is InChI=1S/C8H18N2/c1-8(2,3)7-5-6-10(4)9-7/h7,9H,5-6H2,1-4H3. The summed E-state index contributed by atoms with van der Waals surface area (Å²) in [6.07, 6.45) is 1.28. The van der Waals surface area contributed by atoms with Gasteiger partial charge in [0.1, 0.15) is 0 Å². The number of hydrogen-bond donors (Lipinski definition) is 1. The van der Waals surface area contributed by atoms with Crippen molar-refractivity contribution < 1.29 is 0 Å². The third-order valence-electron chi connectivity index (χ3n) is 2.17. The fraction of sp³-hybridized carbons (Fsp3) is 1.00. The Balaban J connectivity index is 2.45. The largest absolute Gasteiger partial charge is 0.252 e. The third kappa shape index (κ3) is 1.70. The highest BCUT2D eigenvalue weighted by atomic mass is 15.5. The van der Waals surface area contributed by atoms with Gasteiger partial charge in [-0.25, -0.2) is 5.01 Å². The van der Waals surface area contributed by atoms with E-state index < -0.39 is 0 Å². The van der Waals surface area contributed by atoms with Gasteiger partial charge in [0, 0.05) is 19.6 Å². The van der Waals surface area contributed by atoms with Gasteiger partial charge in [-0.3, -0.25) is 5.43 Å². The highest BCUT2D eigenvalue weighted by molar-refractivity contribution is 4.83. The van der Waals surface area contributed by atoms with Gasteiger partial charge < -0.3 is 0 Å². The van der Waals surface area contributed by atoms with Crippen LogP contribution >= 0.6 is 0 Å². The van der Waals surface area contributed by atoms with Gasteiger partial charge in [-0.05, 0) is 11.8 Å². The Morgan fingerprint density at radius 2 is 2.00 bits per heavy atom. The summed E-state index contributed by atoms with van der Waals surface area (Å²) in [5.41, 5.74) is 3.83. The Morgan fingerprint density at radius 3 is 2.20 bits per heavy atom. The van der Waals surface area contributed by atoms with Crippen LogP contribution in [-0.4, -0.2) is 24.6 Å². The van der Waals surface area contributed by atoms with Crippen LogP contribution in [0.1, 0.15) is 27.2 Å². The van der Waals surface area contributed by atoms with Crippen LogP contribution in [0.4, 0.5) is 0 Å². The lowest BCUT2D eigenvalue weighted by molar-refractivity contribution is 0.216. The average molecular weight is 142 g/mol. The van der Waals surface area contributed by atoms with Crippen LogP contribution < -0.4 is 5.43 Å². The summed E-state index contributed by atoms with van der Waals surface area (Å²) in [6.45, 7) is 8.03. The van der Waals surface area contributed by atoms with Crippen LogP contribution in [0, 0.1) is 5.41 Å². The predicted octanol–water partition coefficient (Wildman–Crippen LogP) is 1.24. The van der Waals surface area contributed by atoms with Crippen molar-refractivity contribution >= 4 is 0 Å². The molecule has 10 heavy (non-hydrogen) atoms. The lowest BCUT2D eigenvalue weighted by Gasteiger charge is -2.27. The number of hydrogen-bond acceptors (Lipinski definition) is 2. The molecule has 0 aromatic carbocycles. The SMILES string of the molecule is CN1CCC(C(C)(C)C)N1. The topological polar surface area (TPSA) is 15.3 Å². The van der Waals surface area contributed by atoms with Gasteiger partial charge in [0.15, 0.2) is 0 Å². The second kappa shape index (κ2) is 2.51. The van der Waals surface area contributed by atoms with Crippen molar-refractivity contribution in [2.45, 2.75) is 33.2 Å². The monoisotopic (exact) mass is 142 g/mol. The van der Waals surface area contributed by atoms with E-state index in [1.54, 1.807) is 0 Å². The van der Waals surface area contributed by atoms with Gasteiger partial charge in [0.05, 0.1) is 0 Å². The highest BCUT2D eigenvalue weighted by Gasteiger charge is 2.29. The summed E-state index contributed by atoms with van der Waals surface area (Å²) < 4.78 is 0. The van der Waals surface area contributed by atoms with Gasteiger partial charge in [-0.15, -0.1) is 0 Å². The summed E-state index contributed by atoms with van der Waals surface area (Å²) in [6, 6.07) is 0.664. The minimum absolute atomic E-state index is 0.408. The molecule has 0 aromatic heterocycles. The molecule has 1 N–H and O–H groups in total. The van der Waals surface area contributed by atoms with E-state index in [1.807, 2.05) is 0 Å². The van der Waals surface area contributed by atoms with Crippen molar-refractivity contribution in [1.29, 1.82) is 0 Å². The quantitative estimate of drug-likeness (QED) is 0.547. The fourth-order valence-corrected chi connectivity index (χ4v) is 1.34. The second-order valence-corrected chi connectivity index (χ2v) is 4.26. The molecule has 1 atom stereocenters. The Bertz CT molecular complexity index is 115. The van der Waals surface area contributed by atoms with Gasteiger partial charge in [0.2, 0.25) is 0 Å². The molecule has 1 saturated heterocycles. The summed E-state index contributed by atoms with van der Waals surface area (Å²) >= 11 is 0. The van der Waals surface area contributed by atoms with Crippen molar-refractivity contribution in [3.8, 4) is 0 Å². The first-order chi connectivity index (χ1) is 4.50. The van der Waals surface area contributed by atoms with Crippen molar-refractivity contribution in [3.63, 3.8) is 0 Å². The average Bonchev–Trinajstić information content (AvgIpc) is 2.11. The molecule has 1 aliphatic heterocycles. The van der Waals surface area contributed by atoms with Gasteiger partial charge in [0.25, 0.3) is 0 Å². The molecule has 0 bridgehead atoms. The zero-order valence-electron chi connectivity index (χ0n) is 7.44. The zero-order valence-corrected chi connectivity index (χ0v) is 7.44. The summed E-state index contributed by atoms with van der Waals surface area (Å²) in [4.78, 5) is 0. The molecule has 2 nitrogen and oxygen atoms in total. The first-order valence-corrected chi connectivity index (χ1v) is 3.97. The lowest BCUT2D eigenvalue weighted by Crippen LogP contribution is -2.40. The van der Waals surface area contributed by atoms with Crippen molar-refractivity contribution in [2.75, 3.05) is 13.6 Å². The first-order valence-electron chi connectivity index (χ1n) is 3.97. The van der Waals surface area contributed by atoms with Crippen LogP contribution in [0.2, 0.25) is 0 Å². The molecule has 0 radical (unpaired) electrons. The molecule has 60 valence electrons. The maximum atomic E-state index is 3.43. The Morgan fingerprint density at radius 1 is 1.40 bits per heavy atom. The molecule has 1 aliphatic rings. The molecule has 1 heterocycles. The van der Waals surface area contributed by atoms with E-state index in [1.165, 1.54) is 13.0 Å². The first kappa shape index (κ1) is 8.02. The summed E-state index contributed by atoms with van der Waals surface area (Å²) in [7, 11) is 2.10. The van der Waals surface area contributed by atoms with Crippen LogP contribution in [0.3, 0.4) is 0 Å². The maximum Gasteiger partial charge on any atom is 0.0276 e. The Kier molecular flexibility index (Phi) is 2.02. The third-order valence-corrected chi connectivity index (χ3v) is 2.17. The molecule has 2 heteroatoms. The van der Waals surface area contributed by atoms with E-state index in [-0.39, 0.29) is 0 Å². The van der Waals surface area contributed by atoms with E-state index in [4.69, 9.17) is 0 Å². The van der Waals surface area contributed by atoms with E-state index >= 15 is 0 Å². The van der Waals surface area contributed by atoms with Gasteiger partial charge >= 0.3 is 0 Å². The van der Waals surface area contributed by atoms with E-state index in [0.29, 0.717) is 11.5 Å². The molecule has 0 aliphatic carbocycles. The van der Waals surface area contributed by atoms with Crippen LogP contribution in [0.5, 0.6) is 0 Å².